The van der Waals surface area contributed by atoms with E-state index in [0.717, 1.165) is 11.1 Å². The van der Waals surface area contributed by atoms with Gasteiger partial charge in [-0.3, -0.25) is 14.4 Å². The zero-order valence-electron chi connectivity index (χ0n) is 22.2. The van der Waals surface area contributed by atoms with Crippen LogP contribution in [0.2, 0.25) is 0 Å². The smallest absolute Gasteiger partial charge is 0.329 e. The van der Waals surface area contributed by atoms with Gasteiger partial charge in [-0.2, -0.15) is 5.10 Å². The summed E-state index contributed by atoms with van der Waals surface area (Å²) < 4.78 is 17.2. The van der Waals surface area contributed by atoms with Crippen molar-refractivity contribution >= 4 is 57.9 Å². The van der Waals surface area contributed by atoms with Gasteiger partial charge in [0, 0.05) is 11.4 Å². The molecule has 0 aliphatic heterocycles. The predicted octanol–water partition coefficient (Wildman–Crippen LogP) is 4.59. The van der Waals surface area contributed by atoms with Gasteiger partial charge in [-0.15, -0.1) is 0 Å². The van der Waals surface area contributed by atoms with Gasteiger partial charge in [0.2, 0.25) is 0 Å². The minimum atomic E-state index is -0.945. The van der Waals surface area contributed by atoms with Crippen molar-refractivity contribution in [1.82, 2.24) is 5.43 Å². The third-order valence-corrected chi connectivity index (χ3v) is 6.26. The average Bonchev–Trinajstić information content (AvgIpc) is 2.93. The molecule has 0 heterocycles. The highest BCUT2D eigenvalue weighted by atomic mass is 127. The molecule has 0 aliphatic carbocycles. The van der Waals surface area contributed by atoms with E-state index < -0.39 is 11.8 Å². The maximum Gasteiger partial charge on any atom is 0.329 e. The number of anilines is 2. The summed E-state index contributed by atoms with van der Waals surface area (Å²) >= 11 is 2.05. The first-order valence-corrected chi connectivity index (χ1v) is 13.1. The molecule has 0 spiro atoms. The number of hydrazone groups is 1. The zero-order valence-corrected chi connectivity index (χ0v) is 24.4. The van der Waals surface area contributed by atoms with E-state index >= 15 is 0 Å². The highest BCUT2D eigenvalue weighted by molar-refractivity contribution is 14.1. The molecule has 0 bridgehead atoms. The Kier molecular flexibility index (Phi) is 11.1. The van der Waals surface area contributed by atoms with Crippen molar-refractivity contribution < 1.29 is 28.6 Å². The quantitative estimate of drug-likeness (QED) is 0.0912. The van der Waals surface area contributed by atoms with E-state index in [2.05, 4.69) is 27.7 Å². The van der Waals surface area contributed by atoms with Crippen molar-refractivity contribution in [3.8, 4) is 17.2 Å². The summed E-state index contributed by atoms with van der Waals surface area (Å²) in [5, 5.41) is 9.15. The Hall–Kier alpha value is -4.39. The number of rotatable bonds is 11. The average molecular weight is 656 g/mol. The largest absolute Gasteiger partial charge is 0.493 e. The predicted molar refractivity (Wildman–Crippen MR) is 162 cm³/mol. The molecule has 0 radical (unpaired) electrons. The van der Waals surface area contributed by atoms with E-state index in [9.17, 15) is 14.4 Å². The molecule has 0 aliphatic rings. The van der Waals surface area contributed by atoms with E-state index in [-0.39, 0.29) is 12.5 Å². The molecule has 11 heteroatoms. The van der Waals surface area contributed by atoms with Crippen LogP contribution in [0.4, 0.5) is 11.4 Å². The van der Waals surface area contributed by atoms with Crippen LogP contribution in [0.25, 0.3) is 0 Å². The molecule has 0 fully saturated rings. The Morgan fingerprint density at radius 1 is 0.925 bits per heavy atom. The van der Waals surface area contributed by atoms with Crippen molar-refractivity contribution in [2.24, 2.45) is 5.10 Å². The molecule has 208 valence electrons. The molecule has 0 aromatic heterocycles. The van der Waals surface area contributed by atoms with Gasteiger partial charge in [-0.1, -0.05) is 18.7 Å². The molecule has 0 saturated heterocycles. The summed E-state index contributed by atoms with van der Waals surface area (Å²) in [6.45, 7) is 7.69. The van der Waals surface area contributed by atoms with E-state index in [1.807, 2.05) is 54.6 Å². The number of aryl methyl sites for hydroxylation is 2. The van der Waals surface area contributed by atoms with Crippen LogP contribution in [0.5, 0.6) is 17.2 Å². The number of benzene rings is 3. The molecule has 3 amide bonds. The second-order valence-electron chi connectivity index (χ2n) is 8.45. The number of halogens is 1. The van der Waals surface area contributed by atoms with E-state index in [1.54, 1.807) is 42.5 Å². The third kappa shape index (κ3) is 8.83. The zero-order chi connectivity index (χ0) is 29.1. The molecule has 3 rings (SSSR count). The Morgan fingerprint density at radius 2 is 1.65 bits per heavy atom. The van der Waals surface area contributed by atoms with Crippen LogP contribution in [0, 0.1) is 17.4 Å². The number of carbonyl (C=O) groups is 3. The van der Waals surface area contributed by atoms with Crippen molar-refractivity contribution in [2.45, 2.75) is 13.8 Å². The summed E-state index contributed by atoms with van der Waals surface area (Å²) in [4.78, 5) is 36.7. The number of amides is 3. The van der Waals surface area contributed by atoms with Gasteiger partial charge >= 0.3 is 11.8 Å². The number of nitrogens with one attached hydrogen (secondary N) is 3. The highest BCUT2D eigenvalue weighted by Gasteiger charge is 2.15. The van der Waals surface area contributed by atoms with Crippen LogP contribution in [-0.2, 0) is 14.4 Å². The molecule has 0 unspecified atom stereocenters. The number of nitrogens with zero attached hydrogens (tertiary/aromatic N) is 1. The molecular weight excluding hydrogens is 627 g/mol. The summed E-state index contributed by atoms with van der Waals surface area (Å²) in [6.07, 6.45) is 2.98. The number of carbonyl (C=O) groups excluding carboxylic acids is 3. The summed E-state index contributed by atoms with van der Waals surface area (Å²) in [5.74, 6) is -0.776. The van der Waals surface area contributed by atoms with Crippen LogP contribution in [0.3, 0.4) is 0 Å². The maximum absolute atomic E-state index is 12.4. The number of ether oxygens (including phenoxy) is 3. The second kappa shape index (κ2) is 14.7. The molecule has 40 heavy (non-hydrogen) atoms. The monoisotopic (exact) mass is 656 g/mol. The van der Waals surface area contributed by atoms with Crippen LogP contribution in [0.15, 0.2) is 72.4 Å². The Bertz CT molecular complexity index is 1420. The Morgan fingerprint density at radius 3 is 2.33 bits per heavy atom. The van der Waals surface area contributed by atoms with Crippen LogP contribution >= 0.6 is 22.6 Å². The lowest BCUT2D eigenvalue weighted by molar-refractivity contribution is -0.136. The fourth-order valence-electron chi connectivity index (χ4n) is 3.30. The second-order valence-corrected chi connectivity index (χ2v) is 9.61. The molecule has 3 aromatic rings. The minimum absolute atomic E-state index is 0.220. The lowest BCUT2D eigenvalue weighted by Gasteiger charge is -2.14. The molecule has 10 nitrogen and oxygen atoms in total. The Labute approximate surface area is 245 Å². The molecular formula is C29H29IN4O6. The van der Waals surface area contributed by atoms with Crippen LogP contribution in [-0.4, -0.2) is 44.3 Å². The van der Waals surface area contributed by atoms with Gasteiger partial charge in [0.1, 0.15) is 12.4 Å². The summed E-state index contributed by atoms with van der Waals surface area (Å²) in [5.41, 5.74) is 6.08. The lowest BCUT2D eigenvalue weighted by atomic mass is 10.1. The van der Waals surface area contributed by atoms with Gasteiger partial charge in [-0.25, -0.2) is 5.43 Å². The number of methoxy groups -OCH3 is 1. The molecule has 0 atom stereocenters. The maximum atomic E-state index is 12.4. The first kappa shape index (κ1) is 30.2. The normalized spacial score (nSPS) is 10.5. The van der Waals surface area contributed by atoms with E-state index in [1.165, 1.54) is 13.3 Å². The highest BCUT2D eigenvalue weighted by Crippen LogP contribution is 2.33. The van der Waals surface area contributed by atoms with Gasteiger partial charge in [0.05, 0.1) is 16.9 Å². The number of hydrogen-bond donors (Lipinski definition) is 3. The van der Waals surface area contributed by atoms with E-state index in [0.29, 0.717) is 44.4 Å². The molecule has 3 aromatic carbocycles. The van der Waals surface area contributed by atoms with Crippen molar-refractivity contribution in [3.05, 3.63) is 87.5 Å². The van der Waals surface area contributed by atoms with Gasteiger partial charge in [0.15, 0.2) is 18.1 Å². The first-order valence-electron chi connectivity index (χ1n) is 12.1. The van der Waals surface area contributed by atoms with E-state index in [4.69, 9.17) is 14.2 Å². The fraction of sp³-hybridized carbons (Fsp3) is 0.172. The molecule has 3 N–H and O–H groups in total. The van der Waals surface area contributed by atoms with Crippen molar-refractivity contribution in [3.63, 3.8) is 0 Å². The summed E-state index contributed by atoms with van der Waals surface area (Å²) in [7, 11) is 1.47. The molecule has 0 saturated carbocycles. The minimum Gasteiger partial charge on any atom is -0.493 e. The third-order valence-electron chi connectivity index (χ3n) is 5.46. The van der Waals surface area contributed by atoms with Gasteiger partial charge in [0.25, 0.3) is 5.91 Å². The van der Waals surface area contributed by atoms with Crippen LogP contribution in [0.1, 0.15) is 16.7 Å². The first-order chi connectivity index (χ1) is 19.2. The van der Waals surface area contributed by atoms with Crippen molar-refractivity contribution in [1.29, 1.82) is 0 Å². The lowest BCUT2D eigenvalue weighted by Crippen LogP contribution is -2.32. The standard InChI is InChI=1S/C29H29IN4O6/c1-5-12-39-23-10-8-21(9-11-23)33-28(36)29(37)34-31-16-20-14-24(30)27(25(15-20)38-4)40-17-26(35)32-22-7-6-18(2)19(3)13-22/h5-11,13-16H,1,12,17H2,2-4H3,(H,32,35)(H,33,36)(H,34,37)/b31-16-. The SMILES string of the molecule is C=CCOc1ccc(NC(=O)C(=O)N/N=C\c2cc(I)c(OCC(=O)Nc3ccc(C)c(C)c3)c(OC)c2)cc1. The fourth-order valence-corrected chi connectivity index (χ4v) is 4.08. The van der Waals surface area contributed by atoms with Gasteiger partial charge in [-0.05, 0) is 102 Å². The summed E-state index contributed by atoms with van der Waals surface area (Å²) in [6, 6.07) is 15.6. The van der Waals surface area contributed by atoms with Crippen LogP contribution < -0.4 is 30.3 Å². The van der Waals surface area contributed by atoms with Crippen molar-refractivity contribution in [2.75, 3.05) is 31.0 Å². The Balaban J connectivity index is 1.55. The number of hydrogen-bond acceptors (Lipinski definition) is 7. The van der Waals surface area contributed by atoms with Gasteiger partial charge < -0.3 is 24.8 Å². The topological polar surface area (TPSA) is 127 Å².